The van der Waals surface area contributed by atoms with E-state index >= 15 is 0 Å². The number of pyridine rings is 2. The molecule has 0 aliphatic heterocycles. The van der Waals surface area contributed by atoms with Gasteiger partial charge in [0.1, 0.15) is 0 Å². The first kappa shape index (κ1) is 34.2. The lowest BCUT2D eigenvalue weighted by Gasteiger charge is -2.07. The molecule has 50 heavy (non-hydrogen) atoms. The monoisotopic (exact) mass is 678 g/mol. The van der Waals surface area contributed by atoms with Gasteiger partial charge in [0.25, 0.3) is 0 Å². The Hall–Kier alpha value is -7.10. The molecule has 0 bridgehead atoms. The van der Waals surface area contributed by atoms with Gasteiger partial charge in [0.05, 0.1) is 60.0 Å². The quantitative estimate of drug-likeness (QED) is 0.0728. The Balaban J connectivity index is 0.000000195. The molecule has 2 aromatic carbocycles. The molecule has 0 saturated heterocycles. The van der Waals surface area contributed by atoms with Crippen molar-refractivity contribution in [1.82, 2.24) is 29.5 Å². The number of rotatable bonds is 11. The summed E-state index contributed by atoms with van der Waals surface area (Å²) in [5.74, 6) is -0.521. The second-order valence-electron chi connectivity index (χ2n) is 9.90. The van der Waals surface area contributed by atoms with Crippen molar-refractivity contribution < 1.29 is 33.5 Å². The molecule has 16 nitrogen and oxygen atoms in total. The predicted molar refractivity (Wildman–Crippen MR) is 179 cm³/mol. The molecule has 0 radical (unpaired) electrons. The van der Waals surface area contributed by atoms with Gasteiger partial charge >= 0.3 is 17.6 Å². The van der Waals surface area contributed by atoms with Crippen molar-refractivity contribution in [2.45, 2.75) is 13.8 Å². The lowest BCUT2D eigenvalue weighted by atomic mass is 10.3. The third-order valence-electron chi connectivity index (χ3n) is 6.54. The smallest absolute Gasteiger partial charge is 0.362 e. The molecule has 0 unspecified atom stereocenters. The molecular formula is C34H30N8O8. The fraction of sp³-hybridized carbons (Fsp3) is 0.118. The van der Waals surface area contributed by atoms with Gasteiger partial charge in [-0.25, -0.2) is 19.0 Å². The number of benzene rings is 2. The molecule has 4 aromatic heterocycles. The van der Waals surface area contributed by atoms with Crippen molar-refractivity contribution in [3.05, 3.63) is 131 Å². The maximum absolute atomic E-state index is 12.2. The minimum Gasteiger partial charge on any atom is -0.461 e. The van der Waals surface area contributed by atoms with Gasteiger partial charge in [-0.1, -0.05) is 24.3 Å². The third-order valence-corrected chi connectivity index (χ3v) is 6.54. The van der Waals surface area contributed by atoms with E-state index in [9.17, 15) is 19.7 Å². The van der Waals surface area contributed by atoms with Crippen LogP contribution in [0.1, 0.15) is 34.8 Å². The number of esters is 2. The van der Waals surface area contributed by atoms with E-state index in [1.54, 1.807) is 93.4 Å². The molecule has 254 valence electrons. The van der Waals surface area contributed by atoms with Gasteiger partial charge in [-0.3, -0.25) is 20.1 Å². The normalized spacial score (nSPS) is 10.4. The molecule has 0 spiro atoms. The standard InChI is InChI=1S/C17H14N4O5.C17H16N4O3/c1-2-25-17(22)16-15(11-20(19-16)12-6-5-9-18-10-12)26-14-8-4-3-7-13(14)21(23)24;1-2-23-17(22)16-15(24-14-8-4-3-7-13(14)18)11-21(20-16)12-6-5-9-19-10-12/h3-11H,2H2,1H3;3-11H,2,18H2,1H3. The molecule has 0 amide bonds. The first-order chi connectivity index (χ1) is 24.3. The number of nitro benzene ring substituents is 1. The highest BCUT2D eigenvalue weighted by atomic mass is 16.6. The second-order valence-corrected chi connectivity index (χ2v) is 9.90. The number of carbonyl (C=O) groups is 2. The third kappa shape index (κ3) is 8.24. The van der Waals surface area contributed by atoms with Gasteiger partial charge in [0.15, 0.2) is 17.2 Å². The molecule has 2 N–H and O–H groups in total. The van der Waals surface area contributed by atoms with Gasteiger partial charge in [-0.05, 0) is 56.3 Å². The van der Waals surface area contributed by atoms with E-state index in [-0.39, 0.29) is 47.5 Å². The zero-order valence-corrected chi connectivity index (χ0v) is 26.8. The Kier molecular flexibility index (Phi) is 11.1. The van der Waals surface area contributed by atoms with Crippen molar-refractivity contribution in [2.24, 2.45) is 0 Å². The summed E-state index contributed by atoms with van der Waals surface area (Å²) >= 11 is 0. The lowest BCUT2D eigenvalue weighted by Crippen LogP contribution is -2.08. The van der Waals surface area contributed by atoms with Crippen LogP contribution in [0.25, 0.3) is 11.4 Å². The zero-order chi connectivity index (χ0) is 35.5. The summed E-state index contributed by atoms with van der Waals surface area (Å²) in [4.78, 5) is 43.0. The van der Waals surface area contributed by atoms with Crippen LogP contribution < -0.4 is 15.2 Å². The maximum atomic E-state index is 12.2. The zero-order valence-electron chi connectivity index (χ0n) is 26.8. The predicted octanol–water partition coefficient (Wildman–Crippen LogP) is 5.96. The van der Waals surface area contributed by atoms with E-state index in [0.717, 1.165) is 0 Å². The molecule has 0 aliphatic carbocycles. The number of hydrogen-bond acceptors (Lipinski definition) is 13. The lowest BCUT2D eigenvalue weighted by molar-refractivity contribution is -0.385. The number of carbonyl (C=O) groups excluding carboxylic acids is 2. The molecule has 0 aliphatic rings. The van der Waals surface area contributed by atoms with Crippen LogP contribution in [0.2, 0.25) is 0 Å². The number of aromatic nitrogens is 6. The van der Waals surface area contributed by atoms with E-state index in [1.807, 2.05) is 6.07 Å². The van der Waals surface area contributed by atoms with E-state index in [2.05, 4.69) is 20.2 Å². The first-order valence-corrected chi connectivity index (χ1v) is 15.1. The fourth-order valence-electron chi connectivity index (χ4n) is 4.30. The number of nitrogens with two attached hydrogens (primary N) is 1. The molecule has 0 saturated carbocycles. The average molecular weight is 679 g/mol. The van der Waals surface area contributed by atoms with Crippen LogP contribution >= 0.6 is 0 Å². The topological polar surface area (TPSA) is 202 Å². The number of para-hydroxylation sites is 4. The van der Waals surface area contributed by atoms with Gasteiger partial charge in [0.2, 0.25) is 17.1 Å². The number of anilines is 1. The van der Waals surface area contributed by atoms with Crippen molar-refractivity contribution >= 4 is 23.3 Å². The summed E-state index contributed by atoms with van der Waals surface area (Å²) in [6, 6.07) is 19.9. The highest BCUT2D eigenvalue weighted by molar-refractivity contribution is 5.91. The summed E-state index contributed by atoms with van der Waals surface area (Å²) < 4.78 is 24.3. The van der Waals surface area contributed by atoms with E-state index in [0.29, 0.717) is 22.8 Å². The summed E-state index contributed by atoms with van der Waals surface area (Å²) in [7, 11) is 0. The number of ether oxygens (including phenoxy) is 4. The Morgan fingerprint density at radius 1 is 0.700 bits per heavy atom. The van der Waals surface area contributed by atoms with Gasteiger partial charge in [-0.15, -0.1) is 0 Å². The van der Waals surface area contributed by atoms with E-state index < -0.39 is 16.9 Å². The Bertz CT molecular complexity index is 2080. The highest BCUT2D eigenvalue weighted by Gasteiger charge is 2.24. The van der Waals surface area contributed by atoms with Crippen LogP contribution in [-0.2, 0) is 9.47 Å². The van der Waals surface area contributed by atoms with E-state index in [1.165, 1.54) is 33.8 Å². The number of hydrogen-bond donors (Lipinski definition) is 1. The number of nitro groups is 1. The Morgan fingerprint density at radius 3 is 1.64 bits per heavy atom. The van der Waals surface area contributed by atoms with Gasteiger partial charge in [-0.2, -0.15) is 10.2 Å². The van der Waals surface area contributed by atoms with Crippen LogP contribution in [0.15, 0.2) is 110 Å². The van der Waals surface area contributed by atoms with Crippen LogP contribution in [0.4, 0.5) is 11.4 Å². The number of nitrogens with zero attached hydrogens (tertiary/aromatic N) is 7. The summed E-state index contributed by atoms with van der Waals surface area (Å²) in [5.41, 5.74) is 7.40. The minimum atomic E-state index is -0.691. The second kappa shape index (κ2) is 16.1. The molecule has 0 atom stereocenters. The van der Waals surface area contributed by atoms with Crippen molar-refractivity contribution in [2.75, 3.05) is 18.9 Å². The van der Waals surface area contributed by atoms with Crippen molar-refractivity contribution in [3.63, 3.8) is 0 Å². The Morgan fingerprint density at radius 2 is 1.18 bits per heavy atom. The fourth-order valence-corrected chi connectivity index (χ4v) is 4.30. The van der Waals surface area contributed by atoms with Crippen LogP contribution in [0, 0.1) is 10.1 Å². The van der Waals surface area contributed by atoms with Crippen molar-refractivity contribution in [1.29, 1.82) is 0 Å². The molecule has 6 aromatic rings. The largest absolute Gasteiger partial charge is 0.461 e. The molecule has 16 heteroatoms. The van der Waals surface area contributed by atoms with Gasteiger partial charge < -0.3 is 24.7 Å². The summed E-state index contributed by atoms with van der Waals surface area (Å²) in [6.45, 7) is 3.79. The van der Waals surface area contributed by atoms with Crippen LogP contribution in [0.3, 0.4) is 0 Å². The first-order valence-electron chi connectivity index (χ1n) is 15.1. The van der Waals surface area contributed by atoms with Gasteiger partial charge in [0, 0.05) is 18.5 Å². The molecular weight excluding hydrogens is 648 g/mol. The number of nitrogen functional groups attached to an aromatic ring is 1. The maximum Gasteiger partial charge on any atom is 0.362 e. The van der Waals surface area contributed by atoms with E-state index in [4.69, 9.17) is 24.7 Å². The van der Waals surface area contributed by atoms with Crippen LogP contribution in [-0.4, -0.2) is 59.6 Å². The summed E-state index contributed by atoms with van der Waals surface area (Å²) in [6.07, 6.45) is 9.47. The van der Waals surface area contributed by atoms with Crippen molar-refractivity contribution in [3.8, 4) is 34.4 Å². The minimum absolute atomic E-state index is 0.00575. The highest BCUT2D eigenvalue weighted by Crippen LogP contribution is 2.33. The van der Waals surface area contributed by atoms with Crippen LogP contribution in [0.5, 0.6) is 23.0 Å². The molecule has 0 fully saturated rings. The molecule has 4 heterocycles. The average Bonchev–Trinajstić information content (AvgIpc) is 3.76. The SMILES string of the molecule is CCOC(=O)c1nn(-c2cccnc2)cc1Oc1ccccc1N.CCOC(=O)c1nn(-c2cccnc2)cc1Oc1ccccc1[N+](=O)[O-]. The molecule has 6 rings (SSSR count). The Labute approximate surface area is 284 Å². The summed E-state index contributed by atoms with van der Waals surface area (Å²) in [5, 5.41) is 19.6.